The molecule has 5 heteroatoms. The van der Waals surface area contributed by atoms with Gasteiger partial charge in [-0.15, -0.1) is 0 Å². The first-order chi connectivity index (χ1) is 11.9. The molecule has 128 valence electrons. The van der Waals surface area contributed by atoms with Gasteiger partial charge in [-0.05, 0) is 55.7 Å². The second-order valence-electron chi connectivity index (χ2n) is 6.05. The molecule has 1 aliphatic rings. The molecule has 0 fully saturated rings. The molecule has 0 aliphatic carbocycles. The number of anilines is 1. The number of nitrogens with zero attached hydrogens (tertiary/aromatic N) is 1. The molecule has 0 saturated carbocycles. The lowest BCUT2D eigenvalue weighted by Gasteiger charge is -2.13. The molecular formula is C20H19FN2O2. The lowest BCUT2D eigenvalue weighted by atomic mass is 10.0. The molecule has 0 spiro atoms. The molecule has 2 amide bonds. The van der Waals surface area contributed by atoms with Gasteiger partial charge in [-0.2, -0.15) is 0 Å². The molecule has 0 radical (unpaired) electrons. The number of halogens is 1. The fourth-order valence-electron chi connectivity index (χ4n) is 2.87. The number of benzene rings is 2. The highest BCUT2D eigenvalue weighted by atomic mass is 19.1. The van der Waals surface area contributed by atoms with Crippen molar-refractivity contribution >= 4 is 23.1 Å². The molecule has 1 aliphatic heterocycles. The van der Waals surface area contributed by atoms with Crippen LogP contribution in [-0.4, -0.2) is 23.3 Å². The van der Waals surface area contributed by atoms with E-state index in [-0.39, 0.29) is 29.6 Å². The van der Waals surface area contributed by atoms with E-state index in [2.05, 4.69) is 5.32 Å². The maximum atomic E-state index is 13.2. The third kappa shape index (κ3) is 3.05. The summed E-state index contributed by atoms with van der Waals surface area (Å²) in [5, 5.41) is 3.13. The van der Waals surface area contributed by atoms with E-state index < -0.39 is 5.82 Å². The Kier molecular flexibility index (Phi) is 4.40. The van der Waals surface area contributed by atoms with Crippen LogP contribution in [0.4, 0.5) is 10.1 Å². The molecule has 0 bridgehead atoms. The number of hydrogen-bond acceptors (Lipinski definition) is 3. The van der Waals surface area contributed by atoms with Crippen molar-refractivity contribution in [2.75, 3.05) is 11.9 Å². The Balaban J connectivity index is 2.12. The summed E-state index contributed by atoms with van der Waals surface area (Å²) in [5.74, 6) is -1.13. The number of nitrogens with one attached hydrogen (secondary N) is 1. The zero-order valence-corrected chi connectivity index (χ0v) is 14.4. The molecular weight excluding hydrogens is 319 g/mol. The first-order valence-corrected chi connectivity index (χ1v) is 8.13. The smallest absolute Gasteiger partial charge is 0.278 e. The SMILES string of the molecule is CCN1C(=O)C(Nc2cc(C)ccc2C)=C(c2ccc(F)cc2)C1=O. The Bertz CT molecular complexity index is 885. The van der Waals surface area contributed by atoms with Gasteiger partial charge < -0.3 is 5.32 Å². The highest BCUT2D eigenvalue weighted by Crippen LogP contribution is 2.31. The van der Waals surface area contributed by atoms with Gasteiger partial charge >= 0.3 is 0 Å². The Labute approximate surface area is 146 Å². The summed E-state index contributed by atoms with van der Waals surface area (Å²) >= 11 is 0. The number of imide groups is 1. The van der Waals surface area contributed by atoms with Crippen LogP contribution >= 0.6 is 0 Å². The van der Waals surface area contributed by atoms with Crippen LogP contribution in [0.15, 0.2) is 48.2 Å². The van der Waals surface area contributed by atoms with Crippen molar-refractivity contribution in [3.8, 4) is 0 Å². The Morgan fingerprint density at radius 3 is 2.32 bits per heavy atom. The van der Waals surface area contributed by atoms with Crippen molar-refractivity contribution in [2.24, 2.45) is 0 Å². The average molecular weight is 338 g/mol. The largest absolute Gasteiger partial charge is 0.350 e. The zero-order chi connectivity index (χ0) is 18.1. The van der Waals surface area contributed by atoms with Crippen LogP contribution in [0.5, 0.6) is 0 Å². The van der Waals surface area contributed by atoms with Crippen LogP contribution in [0.3, 0.4) is 0 Å². The van der Waals surface area contributed by atoms with Crippen LogP contribution in [-0.2, 0) is 9.59 Å². The quantitative estimate of drug-likeness (QED) is 0.866. The highest BCUT2D eigenvalue weighted by Gasteiger charge is 2.38. The predicted octanol–water partition coefficient (Wildman–Crippen LogP) is 3.65. The van der Waals surface area contributed by atoms with Crippen LogP contribution in [0.2, 0.25) is 0 Å². The maximum Gasteiger partial charge on any atom is 0.278 e. The standard InChI is InChI=1S/C20H19FN2O2/c1-4-23-19(24)17(14-7-9-15(21)10-8-14)18(20(23)25)22-16-11-12(2)5-6-13(16)3/h5-11,22H,4H2,1-3H3. The second-order valence-corrected chi connectivity index (χ2v) is 6.05. The van der Waals surface area contributed by atoms with Gasteiger partial charge in [0.25, 0.3) is 11.8 Å². The van der Waals surface area contributed by atoms with Gasteiger partial charge in [0.05, 0.1) is 5.57 Å². The molecule has 0 atom stereocenters. The molecule has 3 rings (SSSR count). The van der Waals surface area contributed by atoms with Crippen molar-refractivity contribution < 1.29 is 14.0 Å². The predicted molar refractivity (Wildman–Crippen MR) is 95.3 cm³/mol. The second kappa shape index (κ2) is 6.51. The maximum absolute atomic E-state index is 13.2. The topological polar surface area (TPSA) is 49.4 Å². The van der Waals surface area contributed by atoms with Crippen LogP contribution < -0.4 is 5.32 Å². The van der Waals surface area contributed by atoms with Gasteiger partial charge in [0.1, 0.15) is 11.5 Å². The van der Waals surface area contributed by atoms with Crippen molar-refractivity contribution in [2.45, 2.75) is 20.8 Å². The van der Waals surface area contributed by atoms with Crippen LogP contribution in [0.25, 0.3) is 5.57 Å². The van der Waals surface area contributed by atoms with Gasteiger partial charge in [-0.3, -0.25) is 14.5 Å². The third-order valence-electron chi connectivity index (χ3n) is 4.27. The van der Waals surface area contributed by atoms with Gasteiger partial charge in [0.15, 0.2) is 0 Å². The normalized spacial score (nSPS) is 14.5. The number of amides is 2. The molecule has 4 nitrogen and oxygen atoms in total. The lowest BCUT2D eigenvalue weighted by molar-refractivity contribution is -0.136. The molecule has 2 aromatic carbocycles. The van der Waals surface area contributed by atoms with Gasteiger partial charge in [-0.25, -0.2) is 4.39 Å². The summed E-state index contributed by atoms with van der Waals surface area (Å²) in [6.45, 7) is 5.91. The van der Waals surface area contributed by atoms with Crippen molar-refractivity contribution in [1.29, 1.82) is 0 Å². The van der Waals surface area contributed by atoms with E-state index in [1.807, 2.05) is 32.0 Å². The lowest BCUT2D eigenvalue weighted by Crippen LogP contribution is -2.32. The van der Waals surface area contributed by atoms with Crippen LogP contribution in [0.1, 0.15) is 23.6 Å². The van der Waals surface area contributed by atoms with E-state index in [0.717, 1.165) is 16.8 Å². The number of rotatable bonds is 4. The Morgan fingerprint density at radius 2 is 1.68 bits per heavy atom. The van der Waals surface area contributed by atoms with Gasteiger partial charge in [0.2, 0.25) is 0 Å². The number of likely N-dealkylation sites (N-methyl/N-ethyl adjacent to an activating group) is 1. The van der Waals surface area contributed by atoms with Gasteiger partial charge in [-0.1, -0.05) is 24.3 Å². The molecule has 25 heavy (non-hydrogen) atoms. The fraction of sp³-hybridized carbons (Fsp3) is 0.200. The number of carbonyl (C=O) groups excluding carboxylic acids is 2. The summed E-state index contributed by atoms with van der Waals surface area (Å²) in [5.41, 5.74) is 3.80. The molecule has 1 N–H and O–H groups in total. The summed E-state index contributed by atoms with van der Waals surface area (Å²) in [6.07, 6.45) is 0. The number of carbonyl (C=O) groups is 2. The van der Waals surface area contributed by atoms with Crippen molar-refractivity contribution in [3.05, 3.63) is 70.7 Å². The molecule has 2 aromatic rings. The number of aryl methyl sites for hydroxylation is 2. The summed E-state index contributed by atoms with van der Waals surface area (Å²) in [4.78, 5) is 26.6. The van der Waals surface area contributed by atoms with Crippen molar-refractivity contribution in [3.63, 3.8) is 0 Å². The van der Waals surface area contributed by atoms with Gasteiger partial charge in [0, 0.05) is 12.2 Å². The minimum atomic E-state index is -0.391. The van der Waals surface area contributed by atoms with E-state index >= 15 is 0 Å². The zero-order valence-electron chi connectivity index (χ0n) is 14.4. The van der Waals surface area contributed by atoms with Crippen LogP contribution in [0, 0.1) is 19.7 Å². The first-order valence-electron chi connectivity index (χ1n) is 8.13. The van der Waals surface area contributed by atoms with E-state index in [9.17, 15) is 14.0 Å². The average Bonchev–Trinajstić information content (AvgIpc) is 2.82. The highest BCUT2D eigenvalue weighted by molar-refractivity contribution is 6.36. The van der Waals surface area contributed by atoms with E-state index in [1.165, 1.54) is 29.2 Å². The van der Waals surface area contributed by atoms with E-state index in [1.54, 1.807) is 6.92 Å². The molecule has 0 unspecified atom stereocenters. The van der Waals surface area contributed by atoms with E-state index in [4.69, 9.17) is 0 Å². The molecule has 0 aromatic heterocycles. The minimum absolute atomic E-state index is 0.229. The Hall–Kier alpha value is -2.95. The minimum Gasteiger partial charge on any atom is -0.350 e. The molecule has 0 saturated heterocycles. The Morgan fingerprint density at radius 1 is 1.00 bits per heavy atom. The summed E-state index contributed by atoms with van der Waals surface area (Å²) < 4.78 is 13.2. The third-order valence-corrected chi connectivity index (χ3v) is 4.27. The summed E-state index contributed by atoms with van der Waals surface area (Å²) in [6, 6.07) is 11.5. The monoisotopic (exact) mass is 338 g/mol. The fourth-order valence-corrected chi connectivity index (χ4v) is 2.87. The van der Waals surface area contributed by atoms with Crippen molar-refractivity contribution in [1.82, 2.24) is 4.90 Å². The first kappa shape index (κ1) is 16.9. The molecule has 1 heterocycles. The number of hydrogen-bond donors (Lipinski definition) is 1. The summed E-state index contributed by atoms with van der Waals surface area (Å²) in [7, 11) is 0. The van der Waals surface area contributed by atoms with E-state index in [0.29, 0.717) is 5.56 Å².